The molecule has 0 aliphatic rings. The van der Waals surface area contributed by atoms with E-state index in [1.54, 1.807) is 6.92 Å². The predicted octanol–water partition coefficient (Wildman–Crippen LogP) is 0.763. The maximum absolute atomic E-state index is 11.1. The quantitative estimate of drug-likeness (QED) is 0.510. The monoisotopic (exact) mass is 254 g/mol. The molecule has 7 nitrogen and oxygen atoms in total. The van der Waals surface area contributed by atoms with Gasteiger partial charge in [-0.25, -0.2) is 4.79 Å². The van der Waals surface area contributed by atoms with Crippen LogP contribution in [0.2, 0.25) is 0 Å². The normalized spacial score (nSPS) is 12.1. The predicted molar refractivity (Wildman–Crippen MR) is 63.4 cm³/mol. The first kappa shape index (κ1) is 14.1. The molecule has 0 aliphatic carbocycles. The first-order valence-corrected chi connectivity index (χ1v) is 5.31. The van der Waals surface area contributed by atoms with Crippen molar-refractivity contribution < 1.29 is 19.9 Å². The summed E-state index contributed by atoms with van der Waals surface area (Å²) in [6.45, 7) is 2.01. The number of hydrogen-bond acceptors (Lipinski definition) is 5. The van der Waals surface area contributed by atoms with Crippen LogP contribution in [-0.2, 0) is 6.54 Å². The zero-order valence-electron chi connectivity index (χ0n) is 9.79. The molecule has 0 fully saturated rings. The first-order valence-electron chi connectivity index (χ1n) is 5.31. The largest absolute Gasteiger partial charge is 0.477 e. The fraction of sp³-hybridized carbons (Fsp3) is 0.364. The van der Waals surface area contributed by atoms with Crippen LogP contribution in [0.25, 0.3) is 0 Å². The van der Waals surface area contributed by atoms with Crippen molar-refractivity contribution in [1.82, 2.24) is 5.32 Å². The summed E-state index contributed by atoms with van der Waals surface area (Å²) in [5, 5.41) is 31.7. The van der Waals surface area contributed by atoms with Crippen LogP contribution in [0, 0.1) is 10.1 Å². The summed E-state index contributed by atoms with van der Waals surface area (Å²) in [5.41, 5.74) is -0.434. The summed E-state index contributed by atoms with van der Waals surface area (Å²) in [6.07, 6.45) is -0.572. The molecule has 0 spiro atoms. The number of aliphatic hydroxyl groups is 1. The number of nitrogens with one attached hydrogen (secondary N) is 1. The molecule has 0 saturated heterocycles. The van der Waals surface area contributed by atoms with Gasteiger partial charge in [0.1, 0.15) is 5.56 Å². The lowest BCUT2D eigenvalue weighted by Gasteiger charge is -2.09. The molecule has 0 aromatic heterocycles. The van der Waals surface area contributed by atoms with Crippen LogP contribution in [0.4, 0.5) is 5.69 Å². The van der Waals surface area contributed by atoms with Crippen LogP contribution in [0.3, 0.4) is 0 Å². The number of carboxylic acids is 1. The molecule has 0 radical (unpaired) electrons. The summed E-state index contributed by atoms with van der Waals surface area (Å²) in [5.74, 6) is -1.34. The van der Waals surface area contributed by atoms with E-state index in [9.17, 15) is 14.9 Å². The molecular formula is C11H14N2O5. The Morgan fingerprint density at radius 1 is 1.56 bits per heavy atom. The molecule has 0 bridgehead atoms. The minimum atomic E-state index is -1.34. The van der Waals surface area contributed by atoms with Crippen molar-refractivity contribution in [2.24, 2.45) is 0 Å². The molecule has 7 heteroatoms. The lowest BCUT2D eigenvalue weighted by molar-refractivity contribution is -0.385. The number of nitrogens with zero attached hydrogens (tertiary/aromatic N) is 1. The minimum Gasteiger partial charge on any atom is -0.477 e. The fourth-order valence-corrected chi connectivity index (χ4v) is 1.55. The number of carboxylic acid groups (broad SMARTS) is 1. The van der Waals surface area contributed by atoms with Crippen molar-refractivity contribution in [1.29, 1.82) is 0 Å². The highest BCUT2D eigenvalue weighted by Gasteiger charge is 2.22. The fourth-order valence-electron chi connectivity index (χ4n) is 1.55. The van der Waals surface area contributed by atoms with Crippen molar-refractivity contribution in [3.8, 4) is 0 Å². The highest BCUT2D eigenvalue weighted by Crippen LogP contribution is 2.22. The van der Waals surface area contributed by atoms with Gasteiger partial charge in [0.2, 0.25) is 0 Å². The van der Waals surface area contributed by atoms with Crippen molar-refractivity contribution in [3.63, 3.8) is 0 Å². The molecule has 1 atom stereocenters. The molecular weight excluding hydrogens is 240 g/mol. The number of nitro benzene ring substituents is 1. The third kappa shape index (κ3) is 3.51. The summed E-state index contributed by atoms with van der Waals surface area (Å²) < 4.78 is 0. The van der Waals surface area contributed by atoms with Crippen LogP contribution in [0.5, 0.6) is 0 Å². The van der Waals surface area contributed by atoms with E-state index in [-0.39, 0.29) is 18.7 Å². The second-order valence-electron chi connectivity index (χ2n) is 3.85. The number of aliphatic hydroxyl groups excluding tert-OH is 1. The number of hydrogen-bond donors (Lipinski definition) is 3. The van der Waals surface area contributed by atoms with Gasteiger partial charge in [0.05, 0.1) is 11.0 Å². The molecule has 1 aromatic carbocycles. The molecule has 1 unspecified atom stereocenters. The van der Waals surface area contributed by atoms with Crippen LogP contribution < -0.4 is 5.32 Å². The Labute approximate surface area is 103 Å². The van der Waals surface area contributed by atoms with Gasteiger partial charge >= 0.3 is 5.97 Å². The summed E-state index contributed by atoms with van der Waals surface area (Å²) >= 11 is 0. The smallest absolute Gasteiger partial charge is 0.343 e. The van der Waals surface area contributed by atoms with E-state index >= 15 is 0 Å². The van der Waals surface area contributed by atoms with Crippen LogP contribution in [0.15, 0.2) is 18.2 Å². The number of aromatic carboxylic acids is 1. The Morgan fingerprint density at radius 3 is 2.72 bits per heavy atom. The average molecular weight is 254 g/mol. The molecule has 1 rings (SSSR count). The third-order valence-electron chi connectivity index (χ3n) is 2.29. The van der Waals surface area contributed by atoms with Gasteiger partial charge in [-0.1, -0.05) is 12.1 Å². The van der Waals surface area contributed by atoms with Crippen molar-refractivity contribution in [2.45, 2.75) is 19.6 Å². The highest BCUT2D eigenvalue weighted by atomic mass is 16.6. The molecule has 1 aromatic rings. The Hall–Kier alpha value is -1.99. The maximum Gasteiger partial charge on any atom is 0.343 e. The Morgan fingerprint density at radius 2 is 2.22 bits per heavy atom. The van der Waals surface area contributed by atoms with Crippen LogP contribution >= 0.6 is 0 Å². The third-order valence-corrected chi connectivity index (χ3v) is 2.29. The second kappa shape index (κ2) is 6.08. The summed E-state index contributed by atoms with van der Waals surface area (Å²) in [7, 11) is 0. The summed E-state index contributed by atoms with van der Waals surface area (Å²) in [4.78, 5) is 21.1. The van der Waals surface area contributed by atoms with Gasteiger partial charge in [0, 0.05) is 19.2 Å². The Balaban J connectivity index is 3.00. The van der Waals surface area contributed by atoms with E-state index in [1.165, 1.54) is 12.1 Å². The topological polar surface area (TPSA) is 113 Å². The highest BCUT2D eigenvalue weighted by molar-refractivity contribution is 5.94. The van der Waals surface area contributed by atoms with E-state index in [4.69, 9.17) is 10.2 Å². The van der Waals surface area contributed by atoms with Crippen LogP contribution in [-0.4, -0.2) is 33.8 Å². The molecule has 18 heavy (non-hydrogen) atoms. The number of nitro groups is 1. The standard InChI is InChI=1S/C11H14N2O5/c1-7(14)5-12-6-8-3-2-4-9(13(17)18)10(8)11(15)16/h2-4,7,12,14H,5-6H2,1H3,(H,15,16). The zero-order valence-corrected chi connectivity index (χ0v) is 9.79. The molecule has 0 aliphatic heterocycles. The first-order chi connectivity index (χ1) is 8.43. The summed E-state index contributed by atoms with van der Waals surface area (Å²) in [6, 6.07) is 4.09. The van der Waals surface area contributed by atoms with Crippen LogP contribution in [0.1, 0.15) is 22.8 Å². The SMILES string of the molecule is CC(O)CNCc1cccc([N+](=O)[O-])c1C(=O)O. The van der Waals surface area contributed by atoms with E-state index in [0.29, 0.717) is 5.56 Å². The number of benzene rings is 1. The van der Waals surface area contributed by atoms with Gasteiger partial charge in [-0.2, -0.15) is 0 Å². The molecule has 0 amide bonds. The van der Waals surface area contributed by atoms with Gasteiger partial charge in [-0.15, -0.1) is 0 Å². The lowest BCUT2D eigenvalue weighted by Crippen LogP contribution is -2.25. The van der Waals surface area contributed by atoms with E-state index in [1.807, 2.05) is 0 Å². The van der Waals surface area contributed by atoms with Gasteiger partial charge < -0.3 is 15.5 Å². The van der Waals surface area contributed by atoms with Crippen molar-refractivity contribution in [3.05, 3.63) is 39.4 Å². The Bertz CT molecular complexity index is 459. The average Bonchev–Trinajstić information content (AvgIpc) is 2.27. The molecule has 0 saturated carbocycles. The van der Waals surface area contributed by atoms with Crippen molar-refractivity contribution in [2.75, 3.05) is 6.54 Å². The van der Waals surface area contributed by atoms with Gasteiger partial charge in [-0.05, 0) is 12.5 Å². The molecule has 3 N–H and O–H groups in total. The van der Waals surface area contributed by atoms with Gasteiger partial charge in [0.25, 0.3) is 5.69 Å². The van der Waals surface area contributed by atoms with Gasteiger partial charge in [-0.3, -0.25) is 10.1 Å². The molecule has 0 heterocycles. The van der Waals surface area contributed by atoms with E-state index in [2.05, 4.69) is 5.32 Å². The maximum atomic E-state index is 11.1. The number of carbonyl (C=O) groups is 1. The number of rotatable bonds is 6. The zero-order chi connectivity index (χ0) is 13.7. The van der Waals surface area contributed by atoms with E-state index in [0.717, 1.165) is 6.07 Å². The van der Waals surface area contributed by atoms with Crippen molar-refractivity contribution >= 4 is 11.7 Å². The second-order valence-corrected chi connectivity index (χ2v) is 3.85. The Kier molecular flexibility index (Phi) is 4.75. The van der Waals surface area contributed by atoms with E-state index < -0.39 is 22.7 Å². The lowest BCUT2D eigenvalue weighted by atomic mass is 10.1. The van der Waals surface area contributed by atoms with Gasteiger partial charge in [0.15, 0.2) is 0 Å². The minimum absolute atomic E-state index is 0.147. The molecule has 98 valence electrons.